The van der Waals surface area contributed by atoms with Crippen LogP contribution in [0.3, 0.4) is 0 Å². The van der Waals surface area contributed by atoms with Gasteiger partial charge in [-0.05, 0) is 17.9 Å². The second kappa shape index (κ2) is 7.80. The Balaban J connectivity index is 1.80. The maximum Gasteiger partial charge on any atom is 0.434 e. The lowest BCUT2D eigenvalue weighted by Gasteiger charge is -2.12. The molecule has 0 saturated carbocycles. The Labute approximate surface area is 181 Å². The summed E-state index contributed by atoms with van der Waals surface area (Å²) in [5.41, 5.74) is -0.625. The molecule has 32 heavy (non-hydrogen) atoms. The van der Waals surface area contributed by atoms with Crippen LogP contribution in [0.25, 0.3) is 34.1 Å². The van der Waals surface area contributed by atoms with Gasteiger partial charge in [-0.3, -0.25) is 9.97 Å². The molecule has 13 heteroatoms. The number of thioether (sulfide) groups is 1. The third-order valence-corrected chi connectivity index (χ3v) is 5.48. The minimum Gasteiger partial charge on any atom is -0.343 e. The number of imidazole rings is 2. The lowest BCUT2D eigenvalue weighted by Crippen LogP contribution is -2.07. The van der Waals surface area contributed by atoms with Crippen molar-refractivity contribution < 1.29 is 26.3 Å². The van der Waals surface area contributed by atoms with Crippen molar-refractivity contribution in [1.82, 2.24) is 29.5 Å². The van der Waals surface area contributed by atoms with Gasteiger partial charge in [0.1, 0.15) is 11.4 Å². The molecule has 0 amide bonds. The summed E-state index contributed by atoms with van der Waals surface area (Å²) in [6, 6.07) is 2.48. The van der Waals surface area contributed by atoms with Crippen molar-refractivity contribution in [2.75, 3.05) is 5.75 Å². The van der Waals surface area contributed by atoms with Gasteiger partial charge < -0.3 is 9.55 Å². The van der Waals surface area contributed by atoms with Crippen LogP contribution in [0.15, 0.2) is 35.6 Å². The average molecular weight is 472 g/mol. The van der Waals surface area contributed by atoms with Gasteiger partial charge in [0.2, 0.25) is 0 Å². The summed E-state index contributed by atoms with van der Waals surface area (Å²) in [5, 5.41) is 0. The number of halogens is 6. The van der Waals surface area contributed by atoms with Crippen molar-refractivity contribution in [3.05, 3.63) is 42.0 Å². The molecule has 4 aromatic heterocycles. The largest absolute Gasteiger partial charge is 0.434 e. The number of aromatic amines is 1. The zero-order valence-electron chi connectivity index (χ0n) is 16.5. The van der Waals surface area contributed by atoms with Gasteiger partial charge in [-0.2, -0.15) is 26.3 Å². The van der Waals surface area contributed by atoms with Gasteiger partial charge in [0.05, 0.1) is 22.8 Å². The molecule has 0 radical (unpaired) electrons. The molecule has 0 bridgehead atoms. The summed E-state index contributed by atoms with van der Waals surface area (Å²) in [6.45, 7) is 1.80. The zero-order chi connectivity index (χ0) is 23.3. The Bertz CT molecular complexity index is 1290. The molecule has 0 aromatic carbocycles. The maximum atomic E-state index is 13.1. The van der Waals surface area contributed by atoms with Gasteiger partial charge in [0, 0.05) is 24.3 Å². The Morgan fingerprint density at radius 2 is 1.75 bits per heavy atom. The van der Waals surface area contributed by atoms with E-state index in [1.54, 1.807) is 18.5 Å². The summed E-state index contributed by atoms with van der Waals surface area (Å²) >= 11 is 1.20. The van der Waals surface area contributed by atoms with Crippen LogP contribution in [0.5, 0.6) is 0 Å². The van der Waals surface area contributed by atoms with Gasteiger partial charge >= 0.3 is 12.4 Å². The third kappa shape index (κ3) is 4.04. The molecule has 0 unspecified atom stereocenters. The van der Waals surface area contributed by atoms with E-state index in [1.807, 2.05) is 0 Å². The van der Waals surface area contributed by atoms with Crippen molar-refractivity contribution in [3.63, 3.8) is 0 Å². The number of fused-ring (bicyclic) bond motifs is 1. The van der Waals surface area contributed by atoms with E-state index in [2.05, 4.69) is 24.9 Å². The first-order valence-electron chi connectivity index (χ1n) is 9.15. The van der Waals surface area contributed by atoms with E-state index < -0.39 is 23.6 Å². The average Bonchev–Trinajstić information content (AvgIpc) is 3.33. The summed E-state index contributed by atoms with van der Waals surface area (Å²) in [5.74, 6) is 0.742. The van der Waals surface area contributed by atoms with Crippen molar-refractivity contribution in [2.24, 2.45) is 7.05 Å². The highest BCUT2D eigenvalue weighted by Crippen LogP contribution is 2.37. The smallest absolute Gasteiger partial charge is 0.343 e. The molecule has 0 aliphatic carbocycles. The molecule has 0 aliphatic heterocycles. The van der Waals surface area contributed by atoms with E-state index in [-0.39, 0.29) is 17.2 Å². The Hall–Kier alpha value is -3.09. The highest BCUT2D eigenvalue weighted by Gasteiger charge is 2.34. The van der Waals surface area contributed by atoms with E-state index in [0.29, 0.717) is 27.5 Å². The van der Waals surface area contributed by atoms with E-state index >= 15 is 0 Å². The van der Waals surface area contributed by atoms with Gasteiger partial charge in [-0.25, -0.2) is 9.97 Å². The maximum absolute atomic E-state index is 13.1. The second-order valence-corrected chi connectivity index (χ2v) is 7.99. The van der Waals surface area contributed by atoms with Crippen LogP contribution in [0, 0.1) is 0 Å². The van der Waals surface area contributed by atoms with E-state index in [0.717, 1.165) is 18.5 Å². The summed E-state index contributed by atoms with van der Waals surface area (Å²) in [6.07, 6.45) is -6.23. The molecule has 1 N–H and O–H groups in total. The Kier molecular flexibility index (Phi) is 5.39. The van der Waals surface area contributed by atoms with Crippen LogP contribution < -0.4 is 0 Å². The first-order valence-corrected chi connectivity index (χ1v) is 10.1. The molecule has 4 heterocycles. The molecular formula is C19H14F6N6S. The number of nitrogens with zero attached hydrogens (tertiary/aromatic N) is 5. The topological polar surface area (TPSA) is 72.3 Å². The number of alkyl halides is 6. The number of pyridine rings is 2. The fourth-order valence-electron chi connectivity index (χ4n) is 3.06. The number of aryl methyl sites for hydroxylation is 1. The van der Waals surface area contributed by atoms with Crippen LogP contribution in [0.1, 0.15) is 18.2 Å². The van der Waals surface area contributed by atoms with Crippen LogP contribution in [-0.4, -0.2) is 35.2 Å². The molecule has 168 valence electrons. The quantitative estimate of drug-likeness (QED) is 0.311. The van der Waals surface area contributed by atoms with Gasteiger partial charge in [-0.1, -0.05) is 6.92 Å². The molecule has 0 spiro atoms. The predicted molar refractivity (Wildman–Crippen MR) is 106 cm³/mol. The number of hydrogen-bond acceptors (Lipinski definition) is 5. The molecular weight excluding hydrogens is 458 g/mol. The first-order chi connectivity index (χ1) is 15.0. The highest BCUT2D eigenvalue weighted by atomic mass is 32.2. The predicted octanol–water partition coefficient (Wildman–Crippen LogP) is 5.57. The molecule has 0 fully saturated rings. The molecule has 0 saturated heterocycles. The molecule has 4 rings (SSSR count). The lowest BCUT2D eigenvalue weighted by atomic mass is 10.2. The number of H-pyrrole nitrogens is 1. The lowest BCUT2D eigenvalue weighted by molar-refractivity contribution is -0.141. The first kappa shape index (κ1) is 22.1. The van der Waals surface area contributed by atoms with Crippen LogP contribution in [0.4, 0.5) is 26.3 Å². The number of rotatable bonds is 4. The Morgan fingerprint density at radius 3 is 2.38 bits per heavy atom. The van der Waals surface area contributed by atoms with Gasteiger partial charge in [0.15, 0.2) is 17.3 Å². The van der Waals surface area contributed by atoms with E-state index in [1.165, 1.54) is 24.0 Å². The summed E-state index contributed by atoms with van der Waals surface area (Å²) in [7, 11) is 1.65. The van der Waals surface area contributed by atoms with Gasteiger partial charge in [-0.15, -0.1) is 11.8 Å². The van der Waals surface area contributed by atoms with Crippen molar-refractivity contribution >= 4 is 22.8 Å². The van der Waals surface area contributed by atoms with Gasteiger partial charge in [0.25, 0.3) is 0 Å². The zero-order valence-corrected chi connectivity index (χ0v) is 17.3. The van der Waals surface area contributed by atoms with Crippen molar-refractivity contribution in [1.29, 1.82) is 0 Å². The SMILES string of the molecule is CCSc1cc(C(F)(F)F)cnc1-c1nc2cc(-c3nc(C(F)(F)F)c[nH]3)ncc2n1C. The molecule has 0 atom stereocenters. The Morgan fingerprint density at radius 1 is 1.00 bits per heavy atom. The molecule has 6 nitrogen and oxygen atoms in total. The monoisotopic (exact) mass is 472 g/mol. The highest BCUT2D eigenvalue weighted by molar-refractivity contribution is 7.99. The van der Waals surface area contributed by atoms with Crippen molar-refractivity contribution in [3.8, 4) is 23.0 Å². The minimum atomic E-state index is -4.60. The van der Waals surface area contributed by atoms with Crippen LogP contribution >= 0.6 is 11.8 Å². The fourth-order valence-corrected chi connectivity index (χ4v) is 3.86. The minimum absolute atomic E-state index is 0.0821. The van der Waals surface area contributed by atoms with Crippen LogP contribution in [0.2, 0.25) is 0 Å². The van der Waals surface area contributed by atoms with E-state index in [9.17, 15) is 26.3 Å². The fraction of sp³-hybridized carbons (Fsp3) is 0.263. The normalized spacial score (nSPS) is 12.6. The number of aromatic nitrogens is 6. The standard InChI is InChI=1S/C19H14F6N6S/c1-3-32-13-4-9(18(20,21)22)6-27-15(13)17-29-10-5-11(26-7-12(10)31(17)2)16-28-8-14(30-16)19(23,24)25/h4-8H,3H2,1-2H3,(H,28,30). The second-order valence-electron chi connectivity index (χ2n) is 6.69. The van der Waals surface area contributed by atoms with E-state index in [4.69, 9.17) is 0 Å². The molecule has 4 aromatic rings. The van der Waals surface area contributed by atoms with Crippen LogP contribution in [-0.2, 0) is 19.4 Å². The third-order valence-electron chi connectivity index (χ3n) is 4.57. The molecule has 0 aliphatic rings. The summed E-state index contributed by atoms with van der Waals surface area (Å²) in [4.78, 5) is 18.9. The number of nitrogens with one attached hydrogen (secondary N) is 1. The number of hydrogen-bond donors (Lipinski definition) is 1. The van der Waals surface area contributed by atoms with Crippen molar-refractivity contribution in [2.45, 2.75) is 24.2 Å². The summed E-state index contributed by atoms with van der Waals surface area (Å²) < 4.78 is 79.4.